The summed E-state index contributed by atoms with van der Waals surface area (Å²) in [6.07, 6.45) is 3.35. The van der Waals surface area contributed by atoms with Crippen molar-refractivity contribution in [1.29, 1.82) is 0 Å². The molecular weight excluding hydrogens is 294 g/mol. The van der Waals surface area contributed by atoms with Crippen LogP contribution >= 0.6 is 0 Å². The molecule has 1 amide bonds. The summed E-state index contributed by atoms with van der Waals surface area (Å²) in [6, 6.07) is 6.74. The van der Waals surface area contributed by atoms with Crippen LogP contribution in [0.4, 0.5) is 0 Å². The molecule has 2 aromatic rings. The van der Waals surface area contributed by atoms with E-state index in [-0.39, 0.29) is 17.5 Å². The standard InChI is InChI=1S/C17H21N3O3/c1-11-6-7-20(12(9-11)10-18)17(22)13-4-5-14(19-16(13)21)15-3-2-8-23-15/h2-5,8,11-12H,6-7,9-10,18H2,1H3,(H,19,21). The van der Waals surface area contributed by atoms with Crippen molar-refractivity contribution in [3.8, 4) is 11.5 Å². The molecule has 2 unspecified atom stereocenters. The highest BCUT2D eigenvalue weighted by Gasteiger charge is 2.30. The van der Waals surface area contributed by atoms with Gasteiger partial charge >= 0.3 is 0 Å². The van der Waals surface area contributed by atoms with Crippen molar-refractivity contribution in [3.63, 3.8) is 0 Å². The summed E-state index contributed by atoms with van der Waals surface area (Å²) < 4.78 is 5.26. The van der Waals surface area contributed by atoms with Gasteiger partial charge in [-0.05, 0) is 43.0 Å². The van der Waals surface area contributed by atoms with Gasteiger partial charge < -0.3 is 20.0 Å². The number of H-pyrrole nitrogens is 1. The van der Waals surface area contributed by atoms with Crippen molar-refractivity contribution in [1.82, 2.24) is 9.88 Å². The molecule has 3 heterocycles. The first-order valence-electron chi connectivity index (χ1n) is 7.88. The Morgan fingerprint density at radius 2 is 2.26 bits per heavy atom. The van der Waals surface area contributed by atoms with Crippen LogP contribution in [0.25, 0.3) is 11.5 Å². The summed E-state index contributed by atoms with van der Waals surface area (Å²) in [5.41, 5.74) is 6.10. The van der Waals surface area contributed by atoms with Crippen molar-refractivity contribution < 1.29 is 9.21 Å². The van der Waals surface area contributed by atoms with E-state index in [1.165, 1.54) is 6.26 Å². The van der Waals surface area contributed by atoms with Gasteiger partial charge in [0.1, 0.15) is 11.3 Å². The monoisotopic (exact) mass is 315 g/mol. The van der Waals surface area contributed by atoms with E-state index in [2.05, 4.69) is 11.9 Å². The molecule has 0 spiro atoms. The van der Waals surface area contributed by atoms with Crippen molar-refractivity contribution in [2.45, 2.75) is 25.8 Å². The number of piperidine rings is 1. The summed E-state index contributed by atoms with van der Waals surface area (Å²) in [4.78, 5) is 29.5. The van der Waals surface area contributed by atoms with Crippen LogP contribution in [0.5, 0.6) is 0 Å². The molecule has 6 nitrogen and oxygen atoms in total. The number of carbonyl (C=O) groups is 1. The SMILES string of the molecule is CC1CCN(C(=O)c2ccc(-c3ccco3)[nH]c2=O)C(CN)C1. The molecule has 3 rings (SSSR count). The van der Waals surface area contributed by atoms with Gasteiger partial charge in [0, 0.05) is 19.1 Å². The van der Waals surface area contributed by atoms with Crippen LogP contribution in [0.1, 0.15) is 30.1 Å². The molecule has 1 aliphatic rings. The number of hydrogen-bond acceptors (Lipinski definition) is 4. The molecule has 2 atom stereocenters. The second-order valence-corrected chi connectivity index (χ2v) is 6.11. The van der Waals surface area contributed by atoms with Crippen molar-refractivity contribution in [2.75, 3.05) is 13.1 Å². The largest absolute Gasteiger partial charge is 0.463 e. The first-order chi connectivity index (χ1) is 11.1. The number of nitrogens with zero attached hydrogens (tertiary/aromatic N) is 1. The number of nitrogens with two attached hydrogens (primary N) is 1. The number of rotatable bonds is 3. The minimum absolute atomic E-state index is 0.00426. The Morgan fingerprint density at radius 3 is 2.91 bits per heavy atom. The van der Waals surface area contributed by atoms with Crippen LogP contribution in [0.2, 0.25) is 0 Å². The maximum Gasteiger partial charge on any atom is 0.261 e. The fourth-order valence-electron chi connectivity index (χ4n) is 3.11. The van der Waals surface area contributed by atoms with Gasteiger partial charge in [-0.2, -0.15) is 0 Å². The molecule has 6 heteroatoms. The number of nitrogens with one attached hydrogen (secondary N) is 1. The second-order valence-electron chi connectivity index (χ2n) is 6.11. The third kappa shape index (κ3) is 3.07. The smallest absolute Gasteiger partial charge is 0.261 e. The topological polar surface area (TPSA) is 92.3 Å². The van der Waals surface area contributed by atoms with Crippen LogP contribution in [-0.4, -0.2) is 34.9 Å². The lowest BCUT2D eigenvalue weighted by Gasteiger charge is -2.37. The Labute approximate surface area is 134 Å². The molecule has 3 N–H and O–H groups in total. The van der Waals surface area contributed by atoms with E-state index in [4.69, 9.17) is 10.2 Å². The summed E-state index contributed by atoms with van der Waals surface area (Å²) in [7, 11) is 0. The Balaban J connectivity index is 1.86. The lowest BCUT2D eigenvalue weighted by Crippen LogP contribution is -2.50. The van der Waals surface area contributed by atoms with Crippen LogP contribution in [-0.2, 0) is 0 Å². The van der Waals surface area contributed by atoms with E-state index in [0.717, 1.165) is 12.8 Å². The minimum atomic E-state index is -0.404. The molecule has 1 saturated heterocycles. The Hall–Kier alpha value is -2.34. The number of aromatic nitrogens is 1. The summed E-state index contributed by atoms with van der Waals surface area (Å²) in [5.74, 6) is 0.861. The number of carbonyl (C=O) groups excluding carboxylic acids is 1. The molecule has 1 aliphatic heterocycles. The Morgan fingerprint density at radius 1 is 1.43 bits per heavy atom. The highest BCUT2D eigenvalue weighted by atomic mass is 16.3. The Bertz CT molecular complexity index is 736. The second kappa shape index (κ2) is 6.42. The number of furan rings is 1. The molecule has 23 heavy (non-hydrogen) atoms. The average molecular weight is 315 g/mol. The molecule has 0 aromatic carbocycles. The van der Waals surface area contributed by atoms with E-state index >= 15 is 0 Å². The zero-order chi connectivity index (χ0) is 16.4. The normalized spacial score (nSPS) is 21.4. The van der Waals surface area contributed by atoms with Gasteiger partial charge in [0.05, 0.1) is 12.0 Å². The van der Waals surface area contributed by atoms with Crippen LogP contribution in [0.3, 0.4) is 0 Å². The third-order valence-electron chi connectivity index (χ3n) is 4.44. The van der Waals surface area contributed by atoms with Gasteiger partial charge in [-0.25, -0.2) is 0 Å². The zero-order valence-electron chi connectivity index (χ0n) is 13.1. The van der Waals surface area contributed by atoms with Crippen LogP contribution < -0.4 is 11.3 Å². The Kier molecular flexibility index (Phi) is 4.34. The van der Waals surface area contributed by atoms with E-state index in [1.54, 1.807) is 29.2 Å². The molecule has 122 valence electrons. The zero-order valence-corrected chi connectivity index (χ0v) is 13.1. The fourth-order valence-corrected chi connectivity index (χ4v) is 3.11. The first-order valence-corrected chi connectivity index (χ1v) is 7.88. The number of pyridine rings is 1. The lowest BCUT2D eigenvalue weighted by molar-refractivity contribution is 0.0572. The van der Waals surface area contributed by atoms with Gasteiger partial charge in [-0.15, -0.1) is 0 Å². The molecule has 0 bridgehead atoms. The highest BCUT2D eigenvalue weighted by molar-refractivity contribution is 5.94. The van der Waals surface area contributed by atoms with E-state index < -0.39 is 5.56 Å². The molecule has 0 saturated carbocycles. The van der Waals surface area contributed by atoms with E-state index in [0.29, 0.717) is 30.5 Å². The molecule has 0 radical (unpaired) electrons. The van der Waals surface area contributed by atoms with Crippen molar-refractivity contribution >= 4 is 5.91 Å². The molecule has 0 aliphatic carbocycles. The van der Waals surface area contributed by atoms with Crippen LogP contribution in [0.15, 0.2) is 39.7 Å². The summed E-state index contributed by atoms with van der Waals surface area (Å²) in [6.45, 7) is 3.22. The number of likely N-dealkylation sites (tertiary alicyclic amines) is 1. The van der Waals surface area contributed by atoms with Crippen molar-refractivity contribution in [3.05, 3.63) is 46.4 Å². The summed E-state index contributed by atoms with van der Waals surface area (Å²) >= 11 is 0. The average Bonchev–Trinajstić information content (AvgIpc) is 3.08. The lowest BCUT2D eigenvalue weighted by atomic mass is 9.92. The first kappa shape index (κ1) is 15.6. The molecule has 2 aromatic heterocycles. The van der Waals surface area contributed by atoms with Gasteiger partial charge in [-0.3, -0.25) is 9.59 Å². The highest BCUT2D eigenvalue weighted by Crippen LogP contribution is 2.23. The van der Waals surface area contributed by atoms with Gasteiger partial charge in [0.2, 0.25) is 0 Å². The van der Waals surface area contributed by atoms with Crippen LogP contribution in [0, 0.1) is 5.92 Å². The minimum Gasteiger partial charge on any atom is -0.463 e. The van der Waals surface area contributed by atoms with E-state index in [1.807, 2.05) is 0 Å². The number of amides is 1. The van der Waals surface area contributed by atoms with Gasteiger partial charge in [0.25, 0.3) is 11.5 Å². The quantitative estimate of drug-likeness (QED) is 0.904. The molecule has 1 fully saturated rings. The predicted molar refractivity (Wildman–Crippen MR) is 87.0 cm³/mol. The third-order valence-corrected chi connectivity index (χ3v) is 4.44. The van der Waals surface area contributed by atoms with Gasteiger partial charge in [0.15, 0.2) is 0 Å². The number of aromatic amines is 1. The predicted octanol–water partition coefficient (Wildman–Crippen LogP) is 1.83. The number of hydrogen-bond donors (Lipinski definition) is 2. The summed E-state index contributed by atoms with van der Waals surface area (Å²) in [5, 5.41) is 0. The molecular formula is C17H21N3O3. The van der Waals surface area contributed by atoms with E-state index in [9.17, 15) is 9.59 Å². The van der Waals surface area contributed by atoms with Gasteiger partial charge in [-0.1, -0.05) is 6.92 Å². The van der Waals surface area contributed by atoms with Crippen molar-refractivity contribution in [2.24, 2.45) is 11.7 Å². The maximum atomic E-state index is 12.7. The maximum absolute atomic E-state index is 12.7. The fraction of sp³-hybridized carbons (Fsp3) is 0.412.